The van der Waals surface area contributed by atoms with E-state index < -0.39 is 27.4 Å². The smallest absolute Gasteiger partial charge is 0.383 e. The third kappa shape index (κ3) is 3.83. The summed E-state index contributed by atoms with van der Waals surface area (Å²) < 4.78 is 65.0. The molecule has 4 rings (SSSR count). The Morgan fingerprint density at radius 2 is 1.71 bits per heavy atom. The van der Waals surface area contributed by atoms with Gasteiger partial charge in [-0.2, -0.15) is 18.3 Å². The highest BCUT2D eigenvalue weighted by atomic mass is 32.2. The van der Waals surface area contributed by atoms with Gasteiger partial charge in [0, 0.05) is 17.3 Å². The van der Waals surface area contributed by atoms with E-state index in [9.17, 15) is 21.6 Å². The van der Waals surface area contributed by atoms with E-state index in [0.29, 0.717) is 16.9 Å². The van der Waals surface area contributed by atoms with Crippen LogP contribution in [0.4, 0.5) is 19.0 Å². The first-order valence-electron chi connectivity index (χ1n) is 9.11. The SMILES string of the molecule is CCS(=O)(=O)c1ccc(-c2cnc3ccc(-c4cnc(N)c(C(F)(F)F)c4)nn23)cc1. The largest absolute Gasteiger partial charge is 0.419 e. The van der Waals surface area contributed by atoms with Crippen molar-refractivity contribution >= 4 is 21.3 Å². The maximum atomic E-state index is 13.2. The van der Waals surface area contributed by atoms with Gasteiger partial charge < -0.3 is 5.73 Å². The normalized spacial score (nSPS) is 12.4. The van der Waals surface area contributed by atoms with Crippen LogP contribution in [0.5, 0.6) is 0 Å². The molecule has 3 aromatic heterocycles. The summed E-state index contributed by atoms with van der Waals surface area (Å²) in [6, 6.07) is 10.3. The van der Waals surface area contributed by atoms with Crippen molar-refractivity contribution in [2.75, 3.05) is 11.5 Å². The number of aromatic nitrogens is 4. The van der Waals surface area contributed by atoms with Gasteiger partial charge in [0.25, 0.3) is 0 Å². The maximum absolute atomic E-state index is 13.2. The van der Waals surface area contributed by atoms with E-state index in [0.717, 1.165) is 6.07 Å². The third-order valence-corrected chi connectivity index (χ3v) is 6.52. The van der Waals surface area contributed by atoms with Crippen LogP contribution in [-0.2, 0) is 16.0 Å². The van der Waals surface area contributed by atoms with Gasteiger partial charge in [0.05, 0.1) is 33.8 Å². The highest BCUT2D eigenvalue weighted by molar-refractivity contribution is 7.91. The lowest BCUT2D eigenvalue weighted by Gasteiger charge is -2.11. The minimum atomic E-state index is -4.64. The Labute approximate surface area is 175 Å². The number of hydrogen-bond donors (Lipinski definition) is 1. The van der Waals surface area contributed by atoms with Crippen molar-refractivity contribution in [3.63, 3.8) is 0 Å². The van der Waals surface area contributed by atoms with E-state index in [4.69, 9.17) is 5.73 Å². The van der Waals surface area contributed by atoms with Crippen LogP contribution in [0.1, 0.15) is 12.5 Å². The Morgan fingerprint density at radius 3 is 2.35 bits per heavy atom. The number of sulfone groups is 1. The van der Waals surface area contributed by atoms with Crippen LogP contribution in [0.25, 0.3) is 28.2 Å². The maximum Gasteiger partial charge on any atom is 0.419 e. The first-order valence-corrected chi connectivity index (χ1v) is 10.8. The van der Waals surface area contributed by atoms with E-state index in [1.54, 1.807) is 31.3 Å². The van der Waals surface area contributed by atoms with Crippen molar-refractivity contribution < 1.29 is 21.6 Å². The predicted molar refractivity (Wildman–Crippen MR) is 109 cm³/mol. The highest BCUT2D eigenvalue weighted by Crippen LogP contribution is 2.35. The Balaban J connectivity index is 1.79. The summed E-state index contributed by atoms with van der Waals surface area (Å²) in [6.07, 6.45) is -1.87. The number of nitrogens with zero attached hydrogens (tertiary/aromatic N) is 4. The summed E-state index contributed by atoms with van der Waals surface area (Å²) in [7, 11) is -3.34. The second-order valence-corrected chi connectivity index (χ2v) is 8.99. The number of nitrogens with two attached hydrogens (primary N) is 1. The Bertz CT molecular complexity index is 1380. The first-order chi connectivity index (χ1) is 14.6. The molecule has 0 unspecified atom stereocenters. The molecule has 4 aromatic rings. The summed E-state index contributed by atoms with van der Waals surface area (Å²) in [5, 5.41) is 4.41. The molecule has 0 saturated carbocycles. The first kappa shape index (κ1) is 20.8. The van der Waals surface area contributed by atoms with Crippen molar-refractivity contribution in [2.24, 2.45) is 0 Å². The molecule has 0 atom stereocenters. The van der Waals surface area contributed by atoms with Gasteiger partial charge in [0.15, 0.2) is 15.5 Å². The lowest BCUT2D eigenvalue weighted by atomic mass is 10.1. The fraction of sp³-hybridized carbons (Fsp3) is 0.150. The fourth-order valence-corrected chi connectivity index (χ4v) is 3.95. The quantitative estimate of drug-likeness (QED) is 0.510. The number of rotatable bonds is 4. The fourth-order valence-electron chi connectivity index (χ4n) is 3.07. The molecule has 160 valence electrons. The van der Waals surface area contributed by atoms with Gasteiger partial charge in [-0.05, 0) is 30.3 Å². The molecule has 0 bridgehead atoms. The van der Waals surface area contributed by atoms with Gasteiger partial charge in [0.1, 0.15) is 5.82 Å². The van der Waals surface area contributed by atoms with Crippen LogP contribution >= 0.6 is 0 Å². The van der Waals surface area contributed by atoms with Crippen LogP contribution < -0.4 is 5.73 Å². The number of fused-ring (bicyclic) bond motifs is 1. The number of alkyl halides is 3. The van der Waals surface area contributed by atoms with Crippen molar-refractivity contribution in [3.8, 4) is 22.5 Å². The lowest BCUT2D eigenvalue weighted by molar-refractivity contribution is -0.137. The third-order valence-electron chi connectivity index (χ3n) is 4.77. The molecule has 0 saturated heterocycles. The average molecular weight is 447 g/mol. The lowest BCUT2D eigenvalue weighted by Crippen LogP contribution is -2.10. The van der Waals surface area contributed by atoms with Crippen LogP contribution in [0, 0.1) is 0 Å². The Morgan fingerprint density at radius 1 is 1.00 bits per heavy atom. The van der Waals surface area contributed by atoms with Crippen molar-refractivity contribution in [1.82, 2.24) is 19.6 Å². The summed E-state index contributed by atoms with van der Waals surface area (Å²) in [5.41, 5.74) is 6.40. The molecule has 31 heavy (non-hydrogen) atoms. The average Bonchev–Trinajstić information content (AvgIpc) is 3.16. The van der Waals surface area contributed by atoms with Crippen molar-refractivity contribution in [2.45, 2.75) is 18.0 Å². The summed E-state index contributed by atoms with van der Waals surface area (Å²) in [5.74, 6) is -0.620. The predicted octanol–water partition coefficient (Wildman–Crippen LogP) is 3.85. The molecule has 11 heteroatoms. The Kier molecular flexibility index (Phi) is 4.92. The molecule has 0 aliphatic heterocycles. The summed E-state index contributed by atoms with van der Waals surface area (Å²) in [6.45, 7) is 1.56. The van der Waals surface area contributed by atoms with Crippen LogP contribution in [-0.4, -0.2) is 33.8 Å². The number of imidazole rings is 1. The zero-order valence-corrected chi connectivity index (χ0v) is 16.9. The van der Waals surface area contributed by atoms with Crippen molar-refractivity contribution in [3.05, 3.63) is 60.4 Å². The second-order valence-electron chi connectivity index (χ2n) is 6.71. The zero-order chi connectivity index (χ0) is 22.4. The molecule has 0 radical (unpaired) electrons. The molecule has 0 spiro atoms. The Hall–Kier alpha value is -3.47. The molecule has 0 aliphatic rings. The highest BCUT2D eigenvalue weighted by Gasteiger charge is 2.34. The van der Waals surface area contributed by atoms with Crippen LogP contribution in [0.15, 0.2) is 59.8 Å². The van der Waals surface area contributed by atoms with E-state index >= 15 is 0 Å². The number of halogens is 3. The van der Waals surface area contributed by atoms with E-state index in [2.05, 4.69) is 15.1 Å². The van der Waals surface area contributed by atoms with E-state index in [-0.39, 0.29) is 21.9 Å². The van der Waals surface area contributed by atoms with E-state index in [1.807, 2.05) is 0 Å². The zero-order valence-electron chi connectivity index (χ0n) is 16.1. The molecular formula is C20H16F3N5O2S. The minimum absolute atomic E-state index is 0.0115. The van der Waals surface area contributed by atoms with Gasteiger partial charge in [-0.1, -0.05) is 19.1 Å². The van der Waals surface area contributed by atoms with Gasteiger partial charge in [-0.25, -0.2) is 22.9 Å². The molecule has 3 heterocycles. The van der Waals surface area contributed by atoms with Crippen LogP contribution in [0.2, 0.25) is 0 Å². The topological polar surface area (TPSA) is 103 Å². The molecule has 0 aliphatic carbocycles. The molecule has 1 aromatic carbocycles. The summed E-state index contributed by atoms with van der Waals surface area (Å²) in [4.78, 5) is 8.10. The molecular weight excluding hydrogens is 431 g/mol. The van der Waals surface area contributed by atoms with Gasteiger partial charge >= 0.3 is 6.18 Å². The summed E-state index contributed by atoms with van der Waals surface area (Å²) >= 11 is 0. The minimum Gasteiger partial charge on any atom is -0.383 e. The molecule has 0 fully saturated rings. The molecule has 2 N–H and O–H groups in total. The number of hydrogen-bond acceptors (Lipinski definition) is 6. The van der Waals surface area contributed by atoms with Crippen LogP contribution in [0.3, 0.4) is 0 Å². The number of anilines is 1. The van der Waals surface area contributed by atoms with Gasteiger partial charge in [0.2, 0.25) is 0 Å². The standard InChI is InChI=1S/C20H16F3N5O2S/c1-2-31(29,30)14-5-3-12(4-6-14)17-11-25-18-8-7-16(27-28(17)18)13-9-15(20(21,22)23)19(24)26-10-13/h3-11H,2H2,1H3,(H2,24,26). The monoisotopic (exact) mass is 447 g/mol. The number of nitrogen functional groups attached to an aromatic ring is 1. The number of pyridine rings is 1. The van der Waals surface area contributed by atoms with Gasteiger partial charge in [-0.15, -0.1) is 0 Å². The van der Waals surface area contributed by atoms with E-state index in [1.165, 1.54) is 28.9 Å². The second kappa shape index (κ2) is 7.34. The van der Waals surface area contributed by atoms with Gasteiger partial charge in [-0.3, -0.25) is 0 Å². The number of benzene rings is 1. The van der Waals surface area contributed by atoms with Crippen molar-refractivity contribution in [1.29, 1.82) is 0 Å². The molecule has 7 nitrogen and oxygen atoms in total. The molecule has 0 amide bonds.